The van der Waals surface area contributed by atoms with Crippen LogP contribution in [0.3, 0.4) is 0 Å². The van der Waals surface area contributed by atoms with E-state index in [-0.39, 0.29) is 18.7 Å². The van der Waals surface area contributed by atoms with E-state index < -0.39 is 29.7 Å². The third kappa shape index (κ3) is 5.48. The predicted octanol–water partition coefficient (Wildman–Crippen LogP) is 4.22. The van der Waals surface area contributed by atoms with Gasteiger partial charge in [0.15, 0.2) is 11.5 Å². The van der Waals surface area contributed by atoms with Gasteiger partial charge in [0, 0.05) is 12.2 Å². The van der Waals surface area contributed by atoms with Gasteiger partial charge in [-0.1, -0.05) is 6.07 Å². The number of carbonyl (C=O) groups is 3. The zero-order chi connectivity index (χ0) is 26.5. The van der Waals surface area contributed by atoms with Crippen molar-refractivity contribution in [2.24, 2.45) is 0 Å². The standard InChI is InChI=1S/C27H26FN3O6/c1-35-21-11-7-19(8-12-21)29-25(32)15-22-26(33)31(20-9-5-18(28)6-10-20)27(34)30(22)16-17-4-13-23(36-2)24(14-17)37-3/h4-14,22H,15-16H2,1-3H3,(H,29,32)/t22-/m0/s1. The van der Waals surface area contributed by atoms with Gasteiger partial charge in [-0.25, -0.2) is 14.1 Å². The first-order valence-corrected chi connectivity index (χ1v) is 11.4. The molecule has 0 spiro atoms. The Kier molecular flexibility index (Phi) is 7.57. The maximum absolute atomic E-state index is 13.5. The monoisotopic (exact) mass is 507 g/mol. The molecule has 1 aliphatic rings. The predicted molar refractivity (Wildman–Crippen MR) is 134 cm³/mol. The van der Waals surface area contributed by atoms with E-state index in [4.69, 9.17) is 14.2 Å². The molecule has 0 aromatic heterocycles. The van der Waals surface area contributed by atoms with Crippen LogP contribution in [0.25, 0.3) is 0 Å². The molecule has 9 nitrogen and oxygen atoms in total. The topological polar surface area (TPSA) is 97.4 Å². The zero-order valence-electron chi connectivity index (χ0n) is 20.6. The molecule has 0 aliphatic carbocycles. The fourth-order valence-electron chi connectivity index (χ4n) is 4.08. The molecule has 0 bridgehead atoms. The minimum absolute atomic E-state index is 0.0309. The number of benzene rings is 3. The number of nitrogens with zero attached hydrogens (tertiary/aromatic N) is 2. The molecule has 10 heteroatoms. The molecular formula is C27H26FN3O6. The molecule has 4 amide bonds. The number of nitrogens with one attached hydrogen (secondary N) is 1. The van der Waals surface area contributed by atoms with Crippen molar-refractivity contribution in [3.05, 3.63) is 78.1 Å². The van der Waals surface area contributed by atoms with Gasteiger partial charge in [-0.05, 0) is 66.2 Å². The second-order valence-electron chi connectivity index (χ2n) is 8.25. The molecular weight excluding hydrogens is 481 g/mol. The summed E-state index contributed by atoms with van der Waals surface area (Å²) in [5.41, 5.74) is 1.40. The molecule has 1 saturated heterocycles. The summed E-state index contributed by atoms with van der Waals surface area (Å²) in [4.78, 5) is 42.1. The van der Waals surface area contributed by atoms with Gasteiger partial charge in [0.05, 0.1) is 33.4 Å². The zero-order valence-corrected chi connectivity index (χ0v) is 20.6. The van der Waals surface area contributed by atoms with Crippen molar-refractivity contribution in [1.29, 1.82) is 0 Å². The van der Waals surface area contributed by atoms with Crippen LogP contribution in [-0.4, -0.2) is 50.1 Å². The Balaban J connectivity index is 1.61. The highest BCUT2D eigenvalue weighted by atomic mass is 19.1. The summed E-state index contributed by atoms with van der Waals surface area (Å²) in [5.74, 6) is 0.0724. The van der Waals surface area contributed by atoms with Crippen molar-refractivity contribution in [2.45, 2.75) is 19.0 Å². The number of imide groups is 1. The summed E-state index contributed by atoms with van der Waals surface area (Å²) in [5, 5.41) is 2.75. The van der Waals surface area contributed by atoms with E-state index in [2.05, 4.69) is 5.32 Å². The van der Waals surface area contributed by atoms with Gasteiger partial charge in [-0.3, -0.25) is 9.59 Å². The summed E-state index contributed by atoms with van der Waals surface area (Å²) in [6.45, 7) is 0.0309. The molecule has 3 aromatic carbocycles. The van der Waals surface area contributed by atoms with E-state index in [0.717, 1.165) is 17.0 Å². The molecule has 3 aromatic rings. The summed E-state index contributed by atoms with van der Waals surface area (Å²) in [7, 11) is 4.54. The van der Waals surface area contributed by atoms with Gasteiger partial charge < -0.3 is 24.4 Å². The lowest BCUT2D eigenvalue weighted by atomic mass is 10.1. The Morgan fingerprint density at radius 2 is 1.57 bits per heavy atom. The maximum atomic E-state index is 13.5. The molecule has 1 fully saturated rings. The maximum Gasteiger partial charge on any atom is 0.332 e. The van der Waals surface area contributed by atoms with Gasteiger partial charge in [0.2, 0.25) is 5.91 Å². The lowest BCUT2D eigenvalue weighted by molar-refractivity contribution is -0.124. The van der Waals surface area contributed by atoms with Crippen LogP contribution in [0.5, 0.6) is 17.2 Å². The fourth-order valence-corrected chi connectivity index (χ4v) is 4.08. The van der Waals surface area contributed by atoms with Gasteiger partial charge in [-0.15, -0.1) is 0 Å². The van der Waals surface area contributed by atoms with Crippen LogP contribution in [0.1, 0.15) is 12.0 Å². The molecule has 37 heavy (non-hydrogen) atoms. The Hall–Kier alpha value is -4.60. The second-order valence-corrected chi connectivity index (χ2v) is 8.25. The average molecular weight is 508 g/mol. The number of halogens is 1. The molecule has 0 saturated carbocycles. The lowest BCUT2D eigenvalue weighted by Gasteiger charge is -2.22. The Morgan fingerprint density at radius 1 is 0.892 bits per heavy atom. The van der Waals surface area contributed by atoms with Gasteiger partial charge in [0.1, 0.15) is 17.6 Å². The van der Waals surface area contributed by atoms with Crippen molar-refractivity contribution in [1.82, 2.24) is 4.90 Å². The van der Waals surface area contributed by atoms with E-state index in [9.17, 15) is 18.8 Å². The number of hydrogen-bond donors (Lipinski definition) is 1. The summed E-state index contributed by atoms with van der Waals surface area (Å²) >= 11 is 0. The first-order valence-electron chi connectivity index (χ1n) is 11.4. The highest BCUT2D eigenvalue weighted by molar-refractivity contribution is 6.22. The van der Waals surface area contributed by atoms with Crippen LogP contribution in [0, 0.1) is 5.82 Å². The second kappa shape index (κ2) is 11.0. The van der Waals surface area contributed by atoms with Crippen LogP contribution >= 0.6 is 0 Å². The van der Waals surface area contributed by atoms with Crippen molar-refractivity contribution >= 4 is 29.2 Å². The minimum Gasteiger partial charge on any atom is -0.497 e. The van der Waals surface area contributed by atoms with Crippen LogP contribution in [0.4, 0.5) is 20.6 Å². The first-order chi connectivity index (χ1) is 17.8. The van der Waals surface area contributed by atoms with Crippen molar-refractivity contribution in [3.63, 3.8) is 0 Å². The van der Waals surface area contributed by atoms with Gasteiger partial charge >= 0.3 is 6.03 Å². The molecule has 1 atom stereocenters. The summed E-state index contributed by atoms with van der Waals surface area (Å²) in [6.07, 6.45) is -0.276. The normalized spacial score (nSPS) is 15.1. The SMILES string of the molecule is COc1ccc(NC(=O)C[C@H]2C(=O)N(c3ccc(F)cc3)C(=O)N2Cc2ccc(OC)c(OC)c2)cc1. The van der Waals surface area contributed by atoms with E-state index in [1.54, 1.807) is 42.5 Å². The minimum atomic E-state index is -1.08. The van der Waals surface area contributed by atoms with Crippen molar-refractivity contribution in [2.75, 3.05) is 31.5 Å². The number of amides is 4. The lowest BCUT2D eigenvalue weighted by Crippen LogP contribution is -2.37. The summed E-state index contributed by atoms with van der Waals surface area (Å²) in [6, 6.07) is 15.2. The highest BCUT2D eigenvalue weighted by Gasteiger charge is 2.46. The number of methoxy groups -OCH3 is 3. The number of rotatable bonds is 9. The average Bonchev–Trinajstić information content (AvgIpc) is 3.13. The summed E-state index contributed by atoms with van der Waals surface area (Å²) < 4.78 is 29.2. The van der Waals surface area contributed by atoms with E-state index in [1.807, 2.05) is 0 Å². The molecule has 1 N–H and O–H groups in total. The Bertz CT molecular complexity index is 1300. The molecule has 1 aliphatic heterocycles. The van der Waals surface area contributed by atoms with E-state index in [1.165, 1.54) is 38.4 Å². The smallest absolute Gasteiger partial charge is 0.332 e. The molecule has 0 unspecified atom stereocenters. The molecule has 192 valence electrons. The van der Waals surface area contributed by atoms with Crippen molar-refractivity contribution < 1.29 is 33.0 Å². The van der Waals surface area contributed by atoms with Gasteiger partial charge in [0.25, 0.3) is 5.91 Å². The molecule has 1 heterocycles. The number of hydrogen-bond acceptors (Lipinski definition) is 6. The van der Waals surface area contributed by atoms with Crippen LogP contribution in [-0.2, 0) is 16.1 Å². The highest BCUT2D eigenvalue weighted by Crippen LogP contribution is 2.32. The molecule has 0 radical (unpaired) electrons. The van der Waals surface area contributed by atoms with E-state index >= 15 is 0 Å². The third-order valence-electron chi connectivity index (χ3n) is 5.96. The fraction of sp³-hybridized carbons (Fsp3) is 0.222. The quantitative estimate of drug-likeness (QED) is 0.436. The Morgan fingerprint density at radius 3 is 2.19 bits per heavy atom. The molecule has 4 rings (SSSR count). The first kappa shape index (κ1) is 25.5. The van der Waals surface area contributed by atoms with Gasteiger partial charge in [-0.2, -0.15) is 0 Å². The number of ether oxygens (including phenoxy) is 3. The largest absolute Gasteiger partial charge is 0.497 e. The number of anilines is 2. The van der Waals surface area contributed by atoms with Crippen molar-refractivity contribution in [3.8, 4) is 17.2 Å². The third-order valence-corrected chi connectivity index (χ3v) is 5.96. The van der Waals surface area contributed by atoms with Crippen LogP contribution in [0.2, 0.25) is 0 Å². The van der Waals surface area contributed by atoms with Crippen LogP contribution < -0.4 is 24.4 Å². The number of urea groups is 1. The Labute approximate surface area is 213 Å². The number of carbonyl (C=O) groups excluding carboxylic acids is 3. The van der Waals surface area contributed by atoms with E-state index in [0.29, 0.717) is 28.5 Å². The van der Waals surface area contributed by atoms with Crippen LogP contribution in [0.15, 0.2) is 66.7 Å².